The Kier molecular flexibility index (Phi) is 4.53. The molecular formula is C9H13ClN2S. The van der Waals surface area contributed by atoms with Crippen LogP contribution in [0, 0.1) is 12.8 Å². The van der Waals surface area contributed by atoms with Crippen LogP contribution in [0.4, 0.5) is 0 Å². The lowest BCUT2D eigenvalue weighted by atomic mass is 10.3. The molecular weight excluding hydrogens is 204 g/mol. The molecule has 0 saturated heterocycles. The summed E-state index contributed by atoms with van der Waals surface area (Å²) in [4.78, 5) is 8.39. The van der Waals surface area contributed by atoms with Crippen LogP contribution in [-0.2, 0) is 0 Å². The number of aromatic nitrogens is 2. The molecule has 0 aliphatic heterocycles. The van der Waals surface area contributed by atoms with Crippen molar-refractivity contribution in [2.24, 2.45) is 5.92 Å². The predicted molar refractivity (Wildman–Crippen MR) is 57.4 cm³/mol. The van der Waals surface area contributed by atoms with Gasteiger partial charge in [-0.25, -0.2) is 9.97 Å². The average Bonchev–Trinajstić information content (AvgIpc) is 2.16. The molecule has 1 aromatic rings. The monoisotopic (exact) mass is 216 g/mol. The highest BCUT2D eigenvalue weighted by atomic mass is 35.5. The van der Waals surface area contributed by atoms with Crippen LogP contribution in [0.15, 0.2) is 17.6 Å². The van der Waals surface area contributed by atoms with Crippen molar-refractivity contribution in [1.82, 2.24) is 9.97 Å². The minimum atomic E-state index is 0.511. The number of alkyl halides is 1. The molecule has 1 unspecified atom stereocenters. The van der Waals surface area contributed by atoms with Gasteiger partial charge >= 0.3 is 0 Å². The quantitative estimate of drug-likeness (QED) is 0.440. The zero-order valence-corrected chi connectivity index (χ0v) is 9.40. The van der Waals surface area contributed by atoms with E-state index < -0.39 is 0 Å². The van der Waals surface area contributed by atoms with Crippen molar-refractivity contribution in [3.05, 3.63) is 18.0 Å². The summed E-state index contributed by atoms with van der Waals surface area (Å²) >= 11 is 7.34. The molecule has 1 atom stereocenters. The Morgan fingerprint density at radius 3 is 2.62 bits per heavy atom. The molecule has 4 heteroatoms. The van der Waals surface area contributed by atoms with Crippen LogP contribution in [0.5, 0.6) is 0 Å². The minimum absolute atomic E-state index is 0.511. The van der Waals surface area contributed by atoms with Gasteiger partial charge in [-0.05, 0) is 18.4 Å². The van der Waals surface area contributed by atoms with Crippen molar-refractivity contribution >= 4 is 23.4 Å². The summed E-state index contributed by atoms with van der Waals surface area (Å²) in [7, 11) is 0. The molecule has 1 rings (SSSR count). The third kappa shape index (κ3) is 3.96. The van der Waals surface area contributed by atoms with Crippen LogP contribution in [-0.4, -0.2) is 21.6 Å². The number of rotatable bonds is 4. The van der Waals surface area contributed by atoms with Crippen LogP contribution >= 0.6 is 23.4 Å². The molecule has 0 saturated carbocycles. The average molecular weight is 217 g/mol. The van der Waals surface area contributed by atoms with E-state index in [1.807, 2.05) is 19.3 Å². The molecule has 0 amide bonds. The van der Waals surface area contributed by atoms with Gasteiger partial charge in [-0.1, -0.05) is 18.7 Å². The fraction of sp³-hybridized carbons (Fsp3) is 0.556. The Bertz CT molecular complexity index is 250. The van der Waals surface area contributed by atoms with E-state index in [1.165, 1.54) is 0 Å². The molecule has 0 N–H and O–H groups in total. The third-order valence-corrected chi connectivity index (χ3v) is 3.25. The smallest absolute Gasteiger partial charge is 0.187 e. The van der Waals surface area contributed by atoms with E-state index in [4.69, 9.17) is 11.6 Å². The van der Waals surface area contributed by atoms with Crippen molar-refractivity contribution in [3.8, 4) is 0 Å². The van der Waals surface area contributed by atoms with Crippen LogP contribution < -0.4 is 0 Å². The van der Waals surface area contributed by atoms with Gasteiger partial charge in [0.05, 0.1) is 0 Å². The highest BCUT2D eigenvalue weighted by Gasteiger charge is 2.02. The van der Waals surface area contributed by atoms with Crippen molar-refractivity contribution in [1.29, 1.82) is 0 Å². The largest absolute Gasteiger partial charge is 0.231 e. The van der Waals surface area contributed by atoms with E-state index >= 15 is 0 Å². The van der Waals surface area contributed by atoms with E-state index in [0.29, 0.717) is 11.8 Å². The van der Waals surface area contributed by atoms with Crippen LogP contribution in [0.3, 0.4) is 0 Å². The summed E-state index contributed by atoms with van der Waals surface area (Å²) in [5, 5.41) is 0.836. The molecule has 0 bridgehead atoms. The lowest BCUT2D eigenvalue weighted by molar-refractivity contribution is 0.756. The molecule has 0 spiro atoms. The lowest BCUT2D eigenvalue weighted by Gasteiger charge is -2.04. The first-order valence-corrected chi connectivity index (χ1v) is 5.71. The van der Waals surface area contributed by atoms with Gasteiger partial charge < -0.3 is 0 Å². The van der Waals surface area contributed by atoms with E-state index in [1.54, 1.807) is 11.8 Å². The lowest BCUT2D eigenvalue weighted by Crippen LogP contribution is -2.00. The Hall–Kier alpha value is -0.280. The first-order valence-electron chi connectivity index (χ1n) is 4.19. The number of nitrogens with zero attached hydrogens (tertiary/aromatic N) is 2. The normalized spacial score (nSPS) is 12.8. The van der Waals surface area contributed by atoms with E-state index in [0.717, 1.165) is 16.5 Å². The van der Waals surface area contributed by atoms with Crippen molar-refractivity contribution in [2.75, 3.05) is 11.6 Å². The van der Waals surface area contributed by atoms with Gasteiger partial charge in [-0.15, -0.1) is 11.6 Å². The second-order valence-corrected chi connectivity index (χ2v) is 4.41. The number of halogens is 1. The topological polar surface area (TPSA) is 25.8 Å². The predicted octanol–water partition coefficient (Wildman–Crippen LogP) is 2.75. The molecule has 0 aromatic carbocycles. The molecule has 0 aliphatic carbocycles. The number of hydrogen-bond acceptors (Lipinski definition) is 3. The summed E-state index contributed by atoms with van der Waals surface area (Å²) in [5.74, 6) is 2.18. The van der Waals surface area contributed by atoms with Gasteiger partial charge in [0, 0.05) is 24.0 Å². The molecule has 0 aliphatic rings. The van der Waals surface area contributed by atoms with Crippen LogP contribution in [0.1, 0.15) is 12.5 Å². The van der Waals surface area contributed by atoms with Crippen LogP contribution in [0.25, 0.3) is 0 Å². The van der Waals surface area contributed by atoms with Gasteiger partial charge in [0.2, 0.25) is 0 Å². The number of thioether (sulfide) groups is 1. The van der Waals surface area contributed by atoms with Crippen molar-refractivity contribution in [3.63, 3.8) is 0 Å². The summed E-state index contributed by atoms with van der Waals surface area (Å²) in [6.07, 6.45) is 3.67. The highest BCUT2D eigenvalue weighted by molar-refractivity contribution is 7.99. The first-order chi connectivity index (χ1) is 6.22. The molecule has 13 heavy (non-hydrogen) atoms. The molecule has 72 valence electrons. The van der Waals surface area contributed by atoms with Crippen molar-refractivity contribution in [2.45, 2.75) is 19.0 Å². The minimum Gasteiger partial charge on any atom is -0.231 e. The fourth-order valence-corrected chi connectivity index (χ4v) is 1.76. The summed E-state index contributed by atoms with van der Waals surface area (Å²) < 4.78 is 0. The van der Waals surface area contributed by atoms with E-state index in [-0.39, 0.29) is 0 Å². The van der Waals surface area contributed by atoms with E-state index in [9.17, 15) is 0 Å². The highest BCUT2D eigenvalue weighted by Crippen LogP contribution is 2.16. The molecule has 0 radical (unpaired) electrons. The van der Waals surface area contributed by atoms with Gasteiger partial charge in [0.25, 0.3) is 0 Å². The third-order valence-electron chi connectivity index (χ3n) is 1.52. The van der Waals surface area contributed by atoms with Crippen LogP contribution in [0.2, 0.25) is 0 Å². The maximum Gasteiger partial charge on any atom is 0.187 e. The summed E-state index contributed by atoms with van der Waals surface area (Å²) in [6.45, 7) is 4.10. The summed E-state index contributed by atoms with van der Waals surface area (Å²) in [5.41, 5.74) is 1.09. The molecule has 0 fully saturated rings. The first kappa shape index (κ1) is 10.8. The maximum atomic E-state index is 5.69. The summed E-state index contributed by atoms with van der Waals surface area (Å²) in [6, 6.07) is 0. The zero-order chi connectivity index (χ0) is 9.68. The Balaban J connectivity index is 2.41. The number of aryl methyl sites for hydroxylation is 1. The SMILES string of the molecule is Cc1cnc(SCC(C)CCl)nc1. The van der Waals surface area contributed by atoms with Gasteiger partial charge in [-0.3, -0.25) is 0 Å². The van der Waals surface area contributed by atoms with E-state index in [2.05, 4.69) is 16.9 Å². The second kappa shape index (κ2) is 5.45. The Labute approximate surface area is 88.1 Å². The second-order valence-electron chi connectivity index (χ2n) is 3.11. The van der Waals surface area contributed by atoms with Gasteiger partial charge in [0.15, 0.2) is 5.16 Å². The molecule has 1 heterocycles. The standard InChI is InChI=1S/C9H13ClN2S/c1-7(3-10)6-13-9-11-4-8(2)5-12-9/h4-5,7H,3,6H2,1-2H3. The Morgan fingerprint density at radius 2 is 2.08 bits per heavy atom. The maximum absolute atomic E-state index is 5.69. The Morgan fingerprint density at radius 1 is 1.46 bits per heavy atom. The number of hydrogen-bond donors (Lipinski definition) is 0. The molecule has 1 aromatic heterocycles. The molecule has 2 nitrogen and oxygen atoms in total. The van der Waals surface area contributed by atoms with Gasteiger partial charge in [-0.2, -0.15) is 0 Å². The fourth-order valence-electron chi connectivity index (χ4n) is 0.717. The van der Waals surface area contributed by atoms with Gasteiger partial charge in [0.1, 0.15) is 0 Å². The van der Waals surface area contributed by atoms with Crippen molar-refractivity contribution < 1.29 is 0 Å². The zero-order valence-electron chi connectivity index (χ0n) is 7.83.